The lowest BCUT2D eigenvalue weighted by Crippen LogP contribution is -2.41. The number of carbonyl (C=O) groups excluding carboxylic acids is 2. The van der Waals surface area contributed by atoms with Crippen molar-refractivity contribution < 1.29 is 9.59 Å². The summed E-state index contributed by atoms with van der Waals surface area (Å²) in [6.45, 7) is 6.42. The largest absolute Gasteiger partial charge is 0.356 e. The van der Waals surface area contributed by atoms with Crippen LogP contribution in [-0.4, -0.2) is 27.5 Å². The highest BCUT2D eigenvalue weighted by Gasteiger charge is 2.16. The molecule has 0 saturated heterocycles. The quantitative estimate of drug-likeness (QED) is 0.416. The van der Waals surface area contributed by atoms with Crippen molar-refractivity contribution in [1.29, 1.82) is 0 Å². The third-order valence-electron chi connectivity index (χ3n) is 5.63. The molecule has 2 aromatic carbocycles. The van der Waals surface area contributed by atoms with Gasteiger partial charge in [-0.1, -0.05) is 43.6 Å². The van der Waals surface area contributed by atoms with E-state index in [9.17, 15) is 19.2 Å². The fraction of sp³-hybridized carbons (Fsp3) is 0.385. The number of nitrogens with one attached hydrogen (secondary N) is 2. The van der Waals surface area contributed by atoms with Gasteiger partial charge in [0, 0.05) is 30.2 Å². The maximum atomic E-state index is 13.2. The summed E-state index contributed by atoms with van der Waals surface area (Å²) in [6.07, 6.45) is 1.35. The van der Waals surface area contributed by atoms with Gasteiger partial charge >= 0.3 is 5.69 Å². The SMILES string of the molecule is Cc1ccc(NC(=O)Cn2c(=O)n(CCCCC(=O)NCC(C)C)c(=O)c3ccccc32)cc1Cl. The molecule has 2 N–H and O–H groups in total. The highest BCUT2D eigenvalue weighted by Crippen LogP contribution is 2.20. The Morgan fingerprint density at radius 3 is 2.46 bits per heavy atom. The highest BCUT2D eigenvalue weighted by molar-refractivity contribution is 6.31. The van der Waals surface area contributed by atoms with Crippen LogP contribution in [0.5, 0.6) is 0 Å². The summed E-state index contributed by atoms with van der Waals surface area (Å²) in [4.78, 5) is 51.0. The second-order valence-corrected chi connectivity index (χ2v) is 9.42. The zero-order chi connectivity index (χ0) is 25.5. The van der Waals surface area contributed by atoms with Gasteiger partial charge in [-0.2, -0.15) is 0 Å². The second-order valence-electron chi connectivity index (χ2n) is 9.01. The normalized spacial score (nSPS) is 11.1. The van der Waals surface area contributed by atoms with Crippen molar-refractivity contribution in [2.45, 2.75) is 53.1 Å². The summed E-state index contributed by atoms with van der Waals surface area (Å²) < 4.78 is 2.45. The number of nitrogens with zero attached hydrogens (tertiary/aromatic N) is 2. The molecule has 3 rings (SSSR count). The lowest BCUT2D eigenvalue weighted by Gasteiger charge is -2.14. The van der Waals surface area contributed by atoms with Crippen molar-refractivity contribution in [2.75, 3.05) is 11.9 Å². The van der Waals surface area contributed by atoms with Crippen molar-refractivity contribution in [3.63, 3.8) is 0 Å². The van der Waals surface area contributed by atoms with Gasteiger partial charge in [0.2, 0.25) is 11.8 Å². The monoisotopic (exact) mass is 498 g/mol. The van der Waals surface area contributed by atoms with Crippen LogP contribution in [0.25, 0.3) is 10.9 Å². The molecule has 8 nitrogen and oxygen atoms in total. The molecule has 186 valence electrons. The first-order valence-electron chi connectivity index (χ1n) is 11.7. The third kappa shape index (κ3) is 6.82. The van der Waals surface area contributed by atoms with Gasteiger partial charge < -0.3 is 10.6 Å². The standard InChI is InChI=1S/C26H31ClN4O4/c1-17(2)15-28-23(32)10-6-7-13-30-25(34)20-8-4-5-9-22(20)31(26(30)35)16-24(33)29-19-12-11-18(3)21(27)14-19/h4-5,8-9,11-12,14,17H,6-7,10,13,15-16H2,1-3H3,(H,28,32)(H,29,33). The van der Waals surface area contributed by atoms with Crippen molar-refractivity contribution in [1.82, 2.24) is 14.5 Å². The van der Waals surface area contributed by atoms with Crippen LogP contribution in [0, 0.1) is 12.8 Å². The van der Waals surface area contributed by atoms with E-state index in [1.807, 2.05) is 20.8 Å². The molecule has 1 heterocycles. The van der Waals surface area contributed by atoms with Crippen LogP contribution >= 0.6 is 11.6 Å². The molecular weight excluding hydrogens is 468 g/mol. The van der Waals surface area contributed by atoms with Crippen LogP contribution in [0.2, 0.25) is 5.02 Å². The van der Waals surface area contributed by atoms with Crippen LogP contribution < -0.4 is 21.9 Å². The van der Waals surface area contributed by atoms with Gasteiger partial charge in [-0.05, 0) is 55.5 Å². The van der Waals surface area contributed by atoms with Gasteiger partial charge in [0.1, 0.15) is 6.54 Å². The minimum Gasteiger partial charge on any atom is -0.356 e. The number of aryl methyl sites for hydroxylation is 1. The first-order chi connectivity index (χ1) is 16.7. The van der Waals surface area contributed by atoms with Crippen LogP contribution in [0.15, 0.2) is 52.1 Å². The molecule has 3 aromatic rings. The average Bonchev–Trinajstić information content (AvgIpc) is 2.82. The molecule has 0 unspecified atom stereocenters. The fourth-order valence-electron chi connectivity index (χ4n) is 3.70. The third-order valence-corrected chi connectivity index (χ3v) is 6.04. The minimum absolute atomic E-state index is 0.0464. The Hall–Kier alpha value is -3.39. The number of hydrogen-bond acceptors (Lipinski definition) is 4. The molecule has 0 aliphatic carbocycles. The summed E-state index contributed by atoms with van der Waals surface area (Å²) in [7, 11) is 0. The summed E-state index contributed by atoms with van der Waals surface area (Å²) in [6, 6.07) is 11.9. The zero-order valence-corrected chi connectivity index (χ0v) is 21.0. The van der Waals surface area contributed by atoms with E-state index < -0.39 is 17.2 Å². The topological polar surface area (TPSA) is 102 Å². The molecule has 2 amide bonds. The molecule has 0 bridgehead atoms. The van der Waals surface area contributed by atoms with Gasteiger partial charge in [0.25, 0.3) is 5.56 Å². The lowest BCUT2D eigenvalue weighted by atomic mass is 10.2. The van der Waals surface area contributed by atoms with E-state index >= 15 is 0 Å². The van der Waals surface area contributed by atoms with Crippen LogP contribution in [-0.2, 0) is 22.7 Å². The number of fused-ring (bicyclic) bond motifs is 1. The predicted molar refractivity (Wildman–Crippen MR) is 139 cm³/mol. The fourth-order valence-corrected chi connectivity index (χ4v) is 3.88. The molecule has 0 radical (unpaired) electrons. The number of hydrogen-bond donors (Lipinski definition) is 2. The molecular formula is C26H31ClN4O4. The van der Waals surface area contributed by atoms with E-state index in [1.54, 1.807) is 42.5 Å². The first kappa shape index (κ1) is 26.2. The van der Waals surface area contributed by atoms with Crippen LogP contribution in [0.4, 0.5) is 5.69 Å². The van der Waals surface area contributed by atoms with Gasteiger partial charge in [-0.25, -0.2) is 4.79 Å². The summed E-state index contributed by atoms with van der Waals surface area (Å²) >= 11 is 6.14. The van der Waals surface area contributed by atoms with E-state index in [1.165, 1.54) is 4.57 Å². The number of rotatable bonds is 10. The summed E-state index contributed by atoms with van der Waals surface area (Å²) in [5, 5.41) is 6.49. The van der Waals surface area contributed by atoms with Crippen molar-refractivity contribution in [3.05, 3.63) is 73.9 Å². The summed E-state index contributed by atoms with van der Waals surface area (Å²) in [5.74, 6) is -0.0900. The van der Waals surface area contributed by atoms with E-state index in [4.69, 9.17) is 11.6 Å². The van der Waals surface area contributed by atoms with Crippen molar-refractivity contribution >= 4 is 40.0 Å². The Morgan fingerprint density at radius 1 is 1.00 bits per heavy atom. The summed E-state index contributed by atoms with van der Waals surface area (Å²) in [5.41, 5.74) is 0.833. The Balaban J connectivity index is 1.78. The second kappa shape index (κ2) is 11.8. The molecule has 0 saturated carbocycles. The van der Waals surface area contributed by atoms with E-state index in [0.29, 0.717) is 53.3 Å². The Bertz CT molecular complexity index is 1340. The van der Waals surface area contributed by atoms with Gasteiger partial charge in [-0.15, -0.1) is 0 Å². The molecule has 0 spiro atoms. The number of unbranched alkanes of at least 4 members (excludes halogenated alkanes) is 1. The highest BCUT2D eigenvalue weighted by atomic mass is 35.5. The van der Waals surface area contributed by atoms with E-state index in [-0.39, 0.29) is 19.0 Å². The predicted octanol–water partition coefficient (Wildman–Crippen LogP) is 3.71. The zero-order valence-electron chi connectivity index (χ0n) is 20.3. The Kier molecular flexibility index (Phi) is 8.87. The molecule has 35 heavy (non-hydrogen) atoms. The maximum Gasteiger partial charge on any atom is 0.331 e. The molecule has 0 aliphatic rings. The van der Waals surface area contributed by atoms with E-state index in [2.05, 4.69) is 10.6 Å². The van der Waals surface area contributed by atoms with Crippen LogP contribution in [0.3, 0.4) is 0 Å². The number of para-hydroxylation sites is 1. The number of benzene rings is 2. The maximum absolute atomic E-state index is 13.2. The minimum atomic E-state index is -0.560. The molecule has 0 atom stereocenters. The van der Waals surface area contributed by atoms with Gasteiger partial charge in [0.15, 0.2) is 0 Å². The lowest BCUT2D eigenvalue weighted by molar-refractivity contribution is -0.121. The van der Waals surface area contributed by atoms with Crippen LogP contribution in [0.1, 0.15) is 38.7 Å². The van der Waals surface area contributed by atoms with Gasteiger partial charge in [0.05, 0.1) is 10.9 Å². The smallest absolute Gasteiger partial charge is 0.331 e. The number of carbonyl (C=O) groups is 2. The van der Waals surface area contributed by atoms with Crippen molar-refractivity contribution in [3.8, 4) is 0 Å². The Labute approximate surface area is 208 Å². The van der Waals surface area contributed by atoms with E-state index in [0.717, 1.165) is 10.1 Å². The number of halogens is 1. The first-order valence-corrected chi connectivity index (χ1v) is 12.1. The number of amides is 2. The van der Waals surface area contributed by atoms with Crippen molar-refractivity contribution in [2.24, 2.45) is 5.92 Å². The van der Waals surface area contributed by atoms with Gasteiger partial charge in [-0.3, -0.25) is 23.5 Å². The number of aromatic nitrogens is 2. The average molecular weight is 499 g/mol. The molecule has 1 aromatic heterocycles. The Morgan fingerprint density at radius 2 is 1.74 bits per heavy atom. The molecule has 0 fully saturated rings. The number of anilines is 1. The molecule has 9 heteroatoms. The molecule has 0 aliphatic heterocycles.